The summed E-state index contributed by atoms with van der Waals surface area (Å²) in [5.41, 5.74) is 1.77. The van der Waals surface area contributed by atoms with Crippen LogP contribution in [0.3, 0.4) is 0 Å². The van der Waals surface area contributed by atoms with Crippen LogP contribution in [0.2, 0.25) is 0 Å². The molecule has 1 aliphatic rings. The van der Waals surface area contributed by atoms with Crippen molar-refractivity contribution in [2.75, 3.05) is 11.4 Å². The summed E-state index contributed by atoms with van der Waals surface area (Å²) in [6.45, 7) is 8.31. The van der Waals surface area contributed by atoms with E-state index < -0.39 is 30.0 Å². The summed E-state index contributed by atoms with van der Waals surface area (Å²) in [5, 5.41) is 14.8. The van der Waals surface area contributed by atoms with Gasteiger partial charge in [-0.15, -0.1) is 0 Å². The van der Waals surface area contributed by atoms with E-state index in [4.69, 9.17) is 0 Å². The number of fused-ring (bicyclic) bond motifs is 3. The highest BCUT2D eigenvalue weighted by atomic mass is 16.4. The number of anilines is 1. The van der Waals surface area contributed by atoms with E-state index in [1.54, 1.807) is 13.8 Å². The molecule has 1 aromatic carbocycles. The Labute approximate surface area is 175 Å². The van der Waals surface area contributed by atoms with E-state index in [0.29, 0.717) is 25.5 Å². The van der Waals surface area contributed by atoms with Gasteiger partial charge in [-0.05, 0) is 24.0 Å². The lowest BCUT2D eigenvalue weighted by Crippen LogP contribution is -2.57. The molecule has 0 unspecified atom stereocenters. The van der Waals surface area contributed by atoms with Crippen molar-refractivity contribution in [1.82, 2.24) is 20.2 Å². The lowest BCUT2D eigenvalue weighted by atomic mass is 9.97. The Kier molecular flexibility index (Phi) is 6.28. The van der Waals surface area contributed by atoms with Gasteiger partial charge in [0, 0.05) is 13.1 Å². The van der Waals surface area contributed by atoms with E-state index in [1.165, 1.54) is 4.90 Å². The molecule has 3 rings (SSSR count). The Hall–Kier alpha value is -3.10. The molecule has 2 aromatic rings. The van der Waals surface area contributed by atoms with Gasteiger partial charge in [0.05, 0.1) is 11.0 Å². The fourth-order valence-electron chi connectivity index (χ4n) is 3.65. The van der Waals surface area contributed by atoms with E-state index in [9.17, 15) is 19.5 Å². The van der Waals surface area contributed by atoms with Crippen LogP contribution in [0.4, 0.5) is 10.7 Å². The zero-order valence-corrected chi connectivity index (χ0v) is 17.8. The number of benzene rings is 1. The number of carboxylic acid groups (broad SMARTS) is 1. The molecular weight excluding hydrogens is 386 g/mol. The largest absolute Gasteiger partial charge is 0.480 e. The van der Waals surface area contributed by atoms with E-state index in [-0.39, 0.29) is 11.8 Å². The lowest BCUT2D eigenvalue weighted by Gasteiger charge is -2.28. The third-order valence-electron chi connectivity index (χ3n) is 5.67. The fraction of sp³-hybridized carbons (Fsp3) is 0.524. The molecule has 0 fully saturated rings. The van der Waals surface area contributed by atoms with Crippen molar-refractivity contribution in [3.8, 4) is 0 Å². The first-order valence-electron chi connectivity index (χ1n) is 10.3. The summed E-state index contributed by atoms with van der Waals surface area (Å²) in [6, 6.07) is 5.40. The highest BCUT2D eigenvalue weighted by molar-refractivity contribution is 5.97. The first-order valence-corrected chi connectivity index (χ1v) is 10.3. The number of aromatic nitrogens is 2. The second kappa shape index (κ2) is 8.73. The normalized spacial score (nSPS) is 16.2. The number of carbonyl (C=O) groups is 3. The van der Waals surface area contributed by atoms with E-state index in [2.05, 4.69) is 15.6 Å². The molecule has 0 radical (unpaired) electrons. The smallest absolute Gasteiger partial charge is 0.326 e. The molecule has 9 nitrogen and oxygen atoms in total. The van der Waals surface area contributed by atoms with Crippen LogP contribution in [0, 0.1) is 11.8 Å². The van der Waals surface area contributed by atoms with Crippen molar-refractivity contribution in [2.24, 2.45) is 11.8 Å². The standard InChI is InChI=1S/C21H29N5O4/c1-5-13(4)17(18(27)23-16(12(2)3)19(28)29)24-21(30)26-11-10-25-15-9-7-6-8-14(15)22-20(25)26/h6-9,12-13,16-17H,5,10-11H2,1-4H3,(H,23,27)(H,24,30)(H,28,29)/t13-,16+,17-/m0/s1. The van der Waals surface area contributed by atoms with Crippen molar-refractivity contribution < 1.29 is 19.5 Å². The van der Waals surface area contributed by atoms with Crippen LogP contribution in [0.25, 0.3) is 11.0 Å². The summed E-state index contributed by atoms with van der Waals surface area (Å²) >= 11 is 0. The van der Waals surface area contributed by atoms with Gasteiger partial charge in [0.2, 0.25) is 11.9 Å². The topological polar surface area (TPSA) is 117 Å². The maximum Gasteiger partial charge on any atom is 0.326 e. The maximum atomic E-state index is 13.0. The zero-order chi connectivity index (χ0) is 22.0. The lowest BCUT2D eigenvalue weighted by molar-refractivity contribution is -0.143. The molecule has 1 aliphatic heterocycles. The number of para-hydroxylation sites is 2. The van der Waals surface area contributed by atoms with Gasteiger partial charge in [0.25, 0.3) is 0 Å². The Morgan fingerprint density at radius 3 is 2.43 bits per heavy atom. The molecule has 3 atom stereocenters. The van der Waals surface area contributed by atoms with Gasteiger partial charge in [0.1, 0.15) is 12.1 Å². The average molecular weight is 415 g/mol. The highest BCUT2D eigenvalue weighted by Crippen LogP contribution is 2.27. The van der Waals surface area contributed by atoms with Gasteiger partial charge in [-0.2, -0.15) is 0 Å². The third kappa shape index (κ3) is 4.10. The number of amides is 3. The third-order valence-corrected chi connectivity index (χ3v) is 5.67. The molecular formula is C21H29N5O4. The molecule has 30 heavy (non-hydrogen) atoms. The van der Waals surface area contributed by atoms with Crippen LogP contribution < -0.4 is 15.5 Å². The first-order chi connectivity index (χ1) is 14.2. The van der Waals surface area contributed by atoms with Crippen molar-refractivity contribution in [1.29, 1.82) is 0 Å². The summed E-state index contributed by atoms with van der Waals surface area (Å²) in [4.78, 5) is 43.5. The number of carbonyl (C=O) groups excluding carboxylic acids is 2. The highest BCUT2D eigenvalue weighted by Gasteiger charge is 2.34. The number of nitrogens with zero attached hydrogens (tertiary/aromatic N) is 3. The van der Waals surface area contributed by atoms with Crippen LogP contribution in [0.1, 0.15) is 34.1 Å². The maximum absolute atomic E-state index is 13.0. The molecule has 3 amide bonds. The molecule has 0 saturated heterocycles. The molecule has 0 aliphatic carbocycles. The SMILES string of the molecule is CC[C@H](C)[C@H](NC(=O)N1CCn2c1nc1ccccc12)C(=O)N[C@@H](C(=O)O)C(C)C. The Morgan fingerprint density at radius 2 is 1.80 bits per heavy atom. The van der Waals surface area contributed by atoms with Crippen LogP contribution in [0.5, 0.6) is 0 Å². The van der Waals surface area contributed by atoms with Crippen molar-refractivity contribution >= 4 is 34.9 Å². The van der Waals surface area contributed by atoms with Crippen LogP contribution >= 0.6 is 0 Å². The van der Waals surface area contributed by atoms with Crippen molar-refractivity contribution in [2.45, 2.75) is 52.7 Å². The predicted molar refractivity (Wildman–Crippen MR) is 113 cm³/mol. The number of carboxylic acids is 1. The minimum absolute atomic E-state index is 0.169. The van der Waals surface area contributed by atoms with Crippen LogP contribution in [0.15, 0.2) is 24.3 Å². The summed E-state index contributed by atoms with van der Waals surface area (Å²) < 4.78 is 1.98. The molecule has 9 heteroatoms. The van der Waals surface area contributed by atoms with Gasteiger partial charge in [-0.25, -0.2) is 14.6 Å². The second-order valence-electron chi connectivity index (χ2n) is 8.09. The zero-order valence-electron chi connectivity index (χ0n) is 17.8. The Balaban J connectivity index is 1.78. The molecule has 0 saturated carbocycles. The second-order valence-corrected chi connectivity index (χ2v) is 8.09. The van der Waals surface area contributed by atoms with Gasteiger partial charge < -0.3 is 20.3 Å². The molecule has 0 spiro atoms. The number of rotatable bonds is 7. The van der Waals surface area contributed by atoms with E-state index in [1.807, 2.05) is 42.7 Å². The average Bonchev–Trinajstić information content (AvgIpc) is 3.28. The summed E-state index contributed by atoms with van der Waals surface area (Å²) in [6.07, 6.45) is 0.649. The number of nitrogens with one attached hydrogen (secondary N) is 2. The van der Waals surface area contributed by atoms with E-state index >= 15 is 0 Å². The molecule has 1 aromatic heterocycles. The van der Waals surface area contributed by atoms with Gasteiger partial charge in [0.15, 0.2) is 0 Å². The number of imidazole rings is 1. The fourth-order valence-corrected chi connectivity index (χ4v) is 3.65. The summed E-state index contributed by atoms with van der Waals surface area (Å²) in [5.74, 6) is -1.50. The van der Waals surface area contributed by atoms with Crippen LogP contribution in [-0.2, 0) is 16.1 Å². The monoisotopic (exact) mass is 415 g/mol. The predicted octanol–water partition coefficient (Wildman–Crippen LogP) is 2.21. The van der Waals surface area contributed by atoms with E-state index in [0.717, 1.165) is 11.0 Å². The number of hydrogen-bond acceptors (Lipinski definition) is 4. The van der Waals surface area contributed by atoms with Gasteiger partial charge >= 0.3 is 12.0 Å². The minimum atomic E-state index is -1.10. The Bertz CT molecular complexity index is 954. The van der Waals surface area contributed by atoms with Crippen LogP contribution in [-0.4, -0.2) is 51.2 Å². The van der Waals surface area contributed by atoms with Gasteiger partial charge in [-0.3, -0.25) is 9.69 Å². The van der Waals surface area contributed by atoms with Crippen molar-refractivity contribution in [3.63, 3.8) is 0 Å². The molecule has 2 heterocycles. The minimum Gasteiger partial charge on any atom is -0.480 e. The first kappa shape index (κ1) is 21.6. The Morgan fingerprint density at radius 1 is 1.10 bits per heavy atom. The summed E-state index contributed by atoms with van der Waals surface area (Å²) in [7, 11) is 0. The number of hydrogen-bond donors (Lipinski definition) is 3. The van der Waals surface area contributed by atoms with Crippen molar-refractivity contribution in [3.05, 3.63) is 24.3 Å². The molecule has 0 bridgehead atoms. The quantitative estimate of drug-likeness (QED) is 0.641. The van der Waals surface area contributed by atoms with Gasteiger partial charge in [-0.1, -0.05) is 46.2 Å². The number of aliphatic carboxylic acids is 1. The molecule has 3 N–H and O–H groups in total. The molecule has 162 valence electrons. The number of urea groups is 1.